The largest absolute Gasteiger partial charge is 0.481 e. The van der Waals surface area contributed by atoms with Gasteiger partial charge in [0.25, 0.3) is 0 Å². The standard InChI is InChI=1S/C40H44F6N4O10/c1-21-23(19-59-37-31(39(41,42)43)11-25(35(49-37)57-3)15-47-17-27(51)13-33(53)54)7-5-9-29(21)30-10-6-8-24(22(30)2)20-60-38-32(40(44,45)46)12-26(36(50-38)58-4)16-48-18-28(52)14-34(55)56/h5-12,27-28,47-48,51-52H,13-20H2,1-4H3,(H,53,54)(H,55,56)/t27-,28-/m0/s1. The molecule has 326 valence electrons. The Labute approximate surface area is 340 Å². The van der Waals surface area contributed by atoms with Gasteiger partial charge in [-0.2, -0.15) is 36.3 Å². The first-order valence-electron chi connectivity index (χ1n) is 18.2. The Bertz CT molecular complexity index is 1990. The molecule has 0 amide bonds. The Balaban J connectivity index is 1.55. The number of methoxy groups -OCH3 is 2. The van der Waals surface area contributed by atoms with Crippen LogP contribution in [0.1, 0.15) is 57.3 Å². The van der Waals surface area contributed by atoms with E-state index in [0.717, 1.165) is 12.1 Å². The van der Waals surface area contributed by atoms with E-state index in [0.29, 0.717) is 33.4 Å². The van der Waals surface area contributed by atoms with E-state index < -0.39 is 72.2 Å². The maximum Gasteiger partial charge on any atom is 0.421 e. The first-order chi connectivity index (χ1) is 28.2. The third kappa shape index (κ3) is 12.7. The number of halogens is 6. The number of carbonyl (C=O) groups is 2. The average Bonchev–Trinajstić information content (AvgIpc) is 3.16. The van der Waals surface area contributed by atoms with Crippen LogP contribution in [0.3, 0.4) is 0 Å². The van der Waals surface area contributed by atoms with E-state index in [1.165, 1.54) is 14.2 Å². The second-order valence-electron chi connectivity index (χ2n) is 13.5. The number of alkyl halides is 6. The Morgan fingerprint density at radius 3 is 1.32 bits per heavy atom. The Morgan fingerprint density at radius 1 is 0.633 bits per heavy atom. The number of ether oxygens (including phenoxy) is 4. The van der Waals surface area contributed by atoms with E-state index >= 15 is 0 Å². The maximum absolute atomic E-state index is 14.3. The monoisotopic (exact) mass is 854 g/mol. The number of carboxylic acids is 2. The number of aliphatic hydroxyl groups is 2. The van der Waals surface area contributed by atoms with Gasteiger partial charge in [-0.15, -0.1) is 0 Å². The highest BCUT2D eigenvalue weighted by molar-refractivity contribution is 5.72. The maximum atomic E-state index is 14.3. The van der Waals surface area contributed by atoms with Crippen LogP contribution in [0.4, 0.5) is 26.3 Å². The van der Waals surface area contributed by atoms with Crippen molar-refractivity contribution in [2.24, 2.45) is 0 Å². The van der Waals surface area contributed by atoms with E-state index in [9.17, 15) is 46.1 Å². The molecule has 2 atom stereocenters. The number of rotatable bonds is 21. The smallest absolute Gasteiger partial charge is 0.421 e. The molecular weight excluding hydrogens is 810 g/mol. The number of hydrogen-bond acceptors (Lipinski definition) is 12. The molecule has 0 aliphatic carbocycles. The zero-order chi connectivity index (χ0) is 44.4. The lowest BCUT2D eigenvalue weighted by Gasteiger charge is -2.20. The summed E-state index contributed by atoms with van der Waals surface area (Å²) in [6.45, 7) is 1.88. The predicted molar refractivity (Wildman–Crippen MR) is 202 cm³/mol. The summed E-state index contributed by atoms with van der Waals surface area (Å²) in [4.78, 5) is 29.6. The Kier molecular flexibility index (Phi) is 16.1. The van der Waals surface area contributed by atoms with Gasteiger partial charge in [0, 0.05) is 37.3 Å². The minimum atomic E-state index is -4.89. The molecule has 14 nitrogen and oxygen atoms in total. The van der Waals surface area contributed by atoms with Gasteiger partial charge in [-0.25, -0.2) is 0 Å². The second-order valence-corrected chi connectivity index (χ2v) is 13.5. The van der Waals surface area contributed by atoms with Gasteiger partial charge >= 0.3 is 24.3 Å². The number of nitrogens with zero attached hydrogens (tertiary/aromatic N) is 2. The molecule has 0 fully saturated rings. The quantitative estimate of drug-likeness (QED) is 0.0548. The second kappa shape index (κ2) is 20.5. The van der Waals surface area contributed by atoms with Crippen LogP contribution in [0.2, 0.25) is 0 Å². The fraction of sp³-hybridized carbons (Fsp3) is 0.400. The number of benzene rings is 2. The van der Waals surface area contributed by atoms with E-state index in [2.05, 4.69) is 20.6 Å². The first kappa shape index (κ1) is 47.0. The van der Waals surface area contributed by atoms with Crippen LogP contribution in [-0.4, -0.2) is 81.8 Å². The zero-order valence-electron chi connectivity index (χ0n) is 32.8. The number of pyridine rings is 2. The molecule has 0 spiro atoms. The summed E-state index contributed by atoms with van der Waals surface area (Å²) in [5.74, 6) is -4.37. The molecule has 6 N–H and O–H groups in total. The number of nitrogens with one attached hydrogen (secondary N) is 2. The van der Waals surface area contributed by atoms with Crippen LogP contribution < -0.4 is 29.6 Å². The molecule has 60 heavy (non-hydrogen) atoms. The van der Waals surface area contributed by atoms with Gasteiger partial charge in [0.05, 0.1) is 39.3 Å². The fourth-order valence-electron chi connectivity index (χ4n) is 6.13. The van der Waals surface area contributed by atoms with Gasteiger partial charge in [-0.05, 0) is 59.4 Å². The molecule has 0 saturated carbocycles. The van der Waals surface area contributed by atoms with Crippen molar-refractivity contribution in [3.05, 3.63) is 93.0 Å². The third-order valence-electron chi connectivity index (χ3n) is 9.17. The molecule has 4 aromatic rings. The van der Waals surface area contributed by atoms with Crippen molar-refractivity contribution in [3.8, 4) is 34.6 Å². The molecule has 0 radical (unpaired) electrons. The molecule has 0 unspecified atom stereocenters. The van der Waals surface area contributed by atoms with Crippen LogP contribution >= 0.6 is 0 Å². The molecule has 20 heteroatoms. The number of hydrogen-bond donors (Lipinski definition) is 6. The molecular formula is C40H44F6N4O10. The summed E-state index contributed by atoms with van der Waals surface area (Å²) < 4.78 is 107. The van der Waals surface area contributed by atoms with Crippen molar-refractivity contribution in [1.29, 1.82) is 0 Å². The van der Waals surface area contributed by atoms with Crippen LogP contribution in [-0.2, 0) is 48.2 Å². The molecule has 2 aromatic heterocycles. The van der Waals surface area contributed by atoms with Gasteiger partial charge in [0.1, 0.15) is 24.3 Å². The Hall–Kier alpha value is -5.70. The van der Waals surface area contributed by atoms with E-state index in [1.807, 2.05) is 0 Å². The third-order valence-corrected chi connectivity index (χ3v) is 9.17. The van der Waals surface area contributed by atoms with Crippen LogP contribution in [0.25, 0.3) is 11.1 Å². The molecule has 0 saturated heterocycles. The number of carboxylic acid groups (broad SMARTS) is 2. The average molecular weight is 855 g/mol. The Morgan fingerprint density at radius 2 is 1.00 bits per heavy atom. The van der Waals surface area contributed by atoms with Crippen molar-refractivity contribution in [2.75, 3.05) is 27.3 Å². The summed E-state index contributed by atoms with van der Waals surface area (Å²) in [5, 5.41) is 42.6. The van der Waals surface area contributed by atoms with Crippen LogP contribution in [0.15, 0.2) is 48.5 Å². The number of aliphatic hydroxyl groups excluding tert-OH is 2. The summed E-state index contributed by atoms with van der Waals surface area (Å²) in [7, 11) is 2.41. The summed E-state index contributed by atoms with van der Waals surface area (Å²) in [5.41, 5.74) is 1.16. The SMILES string of the molecule is COc1nc(OCc2cccc(-c3cccc(COc4nc(OC)c(CNC[C@@H](O)CC(=O)O)cc4C(F)(F)F)c3C)c2C)c(C(F)(F)F)cc1CNC[C@@H](O)CC(=O)O. The molecule has 2 aromatic carbocycles. The van der Waals surface area contributed by atoms with E-state index in [-0.39, 0.29) is 62.3 Å². The molecule has 0 aliphatic rings. The van der Waals surface area contributed by atoms with Crippen LogP contribution in [0.5, 0.6) is 23.5 Å². The lowest BCUT2D eigenvalue weighted by Crippen LogP contribution is -2.28. The van der Waals surface area contributed by atoms with Gasteiger partial charge in [-0.3, -0.25) is 9.59 Å². The normalized spacial score (nSPS) is 12.8. The minimum Gasteiger partial charge on any atom is -0.481 e. The number of aliphatic carboxylic acids is 2. The first-order valence-corrected chi connectivity index (χ1v) is 18.2. The highest BCUT2D eigenvalue weighted by Gasteiger charge is 2.38. The molecule has 4 rings (SSSR count). The zero-order valence-corrected chi connectivity index (χ0v) is 32.8. The summed E-state index contributed by atoms with van der Waals surface area (Å²) in [6, 6.07) is 11.8. The minimum absolute atomic E-state index is 0.0145. The van der Waals surface area contributed by atoms with E-state index in [4.69, 9.17) is 29.2 Å². The van der Waals surface area contributed by atoms with Crippen LogP contribution in [0, 0.1) is 13.8 Å². The topological polar surface area (TPSA) is 202 Å². The summed E-state index contributed by atoms with van der Waals surface area (Å²) >= 11 is 0. The van der Waals surface area contributed by atoms with Crippen molar-refractivity contribution >= 4 is 11.9 Å². The fourth-order valence-corrected chi connectivity index (χ4v) is 6.13. The van der Waals surface area contributed by atoms with Gasteiger partial charge in [0.2, 0.25) is 23.5 Å². The highest BCUT2D eigenvalue weighted by atomic mass is 19.4. The van der Waals surface area contributed by atoms with E-state index in [1.54, 1.807) is 50.2 Å². The van der Waals surface area contributed by atoms with Crippen molar-refractivity contribution in [2.45, 2.75) is 77.6 Å². The molecule has 2 heterocycles. The van der Waals surface area contributed by atoms with Crippen molar-refractivity contribution in [3.63, 3.8) is 0 Å². The van der Waals surface area contributed by atoms with Gasteiger partial charge in [0.15, 0.2) is 0 Å². The van der Waals surface area contributed by atoms with Crippen molar-refractivity contribution < 1.29 is 75.3 Å². The number of aromatic nitrogens is 2. The molecule has 0 aliphatic heterocycles. The summed E-state index contributed by atoms with van der Waals surface area (Å²) in [6.07, 6.45) is -13.5. The predicted octanol–water partition coefficient (Wildman–Crippen LogP) is 5.82. The van der Waals surface area contributed by atoms with Crippen molar-refractivity contribution in [1.82, 2.24) is 20.6 Å². The lowest BCUT2D eigenvalue weighted by atomic mass is 9.92. The highest BCUT2D eigenvalue weighted by Crippen LogP contribution is 2.40. The van der Waals surface area contributed by atoms with Gasteiger partial charge in [-0.1, -0.05) is 36.4 Å². The lowest BCUT2D eigenvalue weighted by molar-refractivity contribution is -0.140. The van der Waals surface area contributed by atoms with Gasteiger partial charge < -0.3 is 50.0 Å². The molecule has 0 bridgehead atoms.